The number of hydrogen-bond acceptors (Lipinski definition) is 0. The van der Waals surface area contributed by atoms with Crippen LogP contribution in [0.25, 0.3) is 0 Å². The molecule has 0 aliphatic carbocycles. The molecule has 0 aromatic carbocycles. The summed E-state index contributed by atoms with van der Waals surface area (Å²) >= 11 is 0. The van der Waals surface area contributed by atoms with E-state index in [0.29, 0.717) is 0 Å². The van der Waals surface area contributed by atoms with Crippen LogP contribution in [0.5, 0.6) is 0 Å². The van der Waals surface area contributed by atoms with Gasteiger partial charge in [-0.1, -0.05) is 0 Å². The molecular formula is CAlFeMnSi. The van der Waals surface area contributed by atoms with Crippen molar-refractivity contribution in [3.63, 3.8) is 0 Å². The summed E-state index contributed by atoms with van der Waals surface area (Å²) in [6.07, 6.45) is 0. The van der Waals surface area contributed by atoms with Gasteiger partial charge in [-0.3, -0.25) is 0 Å². The maximum Gasteiger partial charge on any atom is 0 e. The molecule has 0 aromatic rings. The molecule has 26 valence electrons. The van der Waals surface area contributed by atoms with E-state index in [4.69, 9.17) is 0 Å². The van der Waals surface area contributed by atoms with Gasteiger partial charge < -0.3 is 0 Å². The van der Waals surface area contributed by atoms with Crippen LogP contribution in [-0.2, 0) is 34.1 Å². The summed E-state index contributed by atoms with van der Waals surface area (Å²) < 4.78 is 0. The van der Waals surface area contributed by atoms with Crippen molar-refractivity contribution in [3.8, 4) is 0 Å². The molecule has 0 saturated carbocycles. The molecule has 0 saturated heterocycles. The Kier molecular flexibility index (Phi) is 590. The first-order chi connectivity index (χ1) is 0. The van der Waals surface area contributed by atoms with Crippen molar-refractivity contribution in [2.24, 2.45) is 0 Å². The Labute approximate surface area is 69.6 Å². The molecule has 12 radical (unpaired) electrons. The summed E-state index contributed by atoms with van der Waals surface area (Å²) in [5.41, 5.74) is 0. The van der Waals surface area contributed by atoms with Crippen LogP contribution in [0, 0.1) is 7.43 Å². The molecule has 0 atom stereocenters. The normalized spacial score (nSPS) is 0. The fourth-order valence-corrected chi connectivity index (χ4v) is 0. The van der Waals surface area contributed by atoms with E-state index in [1.54, 1.807) is 0 Å². The van der Waals surface area contributed by atoms with Crippen LogP contribution in [0.1, 0.15) is 0 Å². The van der Waals surface area contributed by atoms with Gasteiger partial charge in [-0.05, 0) is 0 Å². The van der Waals surface area contributed by atoms with Gasteiger partial charge in [0.05, 0.1) is 0 Å². The minimum absolute atomic E-state index is 0. The van der Waals surface area contributed by atoms with Crippen LogP contribution < -0.4 is 0 Å². The van der Waals surface area contributed by atoms with E-state index >= 15 is 0 Å². The van der Waals surface area contributed by atoms with Gasteiger partial charge in [-0.2, -0.15) is 0 Å². The Morgan fingerprint density at radius 2 is 1.00 bits per heavy atom. The molecule has 0 heterocycles. The van der Waals surface area contributed by atoms with E-state index < -0.39 is 0 Å². The first-order valence-electron chi connectivity index (χ1n) is 0. The molecule has 0 aliphatic rings. The summed E-state index contributed by atoms with van der Waals surface area (Å²) in [5.74, 6) is 0. The van der Waals surface area contributed by atoms with E-state index in [1.807, 2.05) is 0 Å². The zero-order chi connectivity index (χ0) is 0. The Morgan fingerprint density at radius 3 is 1.00 bits per heavy atom. The smallest absolute Gasteiger partial charge is 0 e. The molecule has 4 heteroatoms. The SMILES string of the molecule is [Al].[C].[Fe].[Mn].[Si]. The minimum atomic E-state index is 0. The Morgan fingerprint density at radius 1 is 1.00 bits per heavy atom. The third kappa shape index (κ3) is 26.0. The van der Waals surface area contributed by atoms with E-state index in [-0.39, 0.29) is 69.9 Å². The van der Waals surface area contributed by atoms with Crippen molar-refractivity contribution in [1.82, 2.24) is 0 Å². The van der Waals surface area contributed by atoms with Crippen LogP contribution in [0.2, 0.25) is 0 Å². The average molecular weight is 178 g/mol. The van der Waals surface area contributed by atoms with Crippen LogP contribution in [0.4, 0.5) is 0 Å². The van der Waals surface area contributed by atoms with Gasteiger partial charge in [0.1, 0.15) is 0 Å². The van der Waals surface area contributed by atoms with Gasteiger partial charge >= 0.3 is 0 Å². The zero-order valence-electron chi connectivity index (χ0n) is 2.31. The Bertz CT molecular complexity index is 11.6. The molecule has 0 unspecified atom stereocenters. The molecular weight excluding hydrogens is 178 g/mol. The van der Waals surface area contributed by atoms with Crippen molar-refractivity contribution in [2.75, 3.05) is 0 Å². The molecule has 0 rings (SSSR count). The monoisotopic (exact) mass is 178 g/mol. The molecule has 0 fully saturated rings. The first kappa shape index (κ1) is 71.1. The van der Waals surface area contributed by atoms with Crippen molar-refractivity contribution in [3.05, 3.63) is 7.43 Å². The quantitative estimate of drug-likeness (QED) is 0.431. The summed E-state index contributed by atoms with van der Waals surface area (Å²) in [6, 6.07) is 0. The standard InChI is InChI=1S/C.Al.Fe.Mn.Si. The Balaban J connectivity index is 0. The van der Waals surface area contributed by atoms with E-state index in [9.17, 15) is 0 Å². The molecule has 0 aliphatic heterocycles. The topological polar surface area (TPSA) is 0 Å². The first-order valence-corrected chi connectivity index (χ1v) is 0. The minimum Gasteiger partial charge on any atom is 0 e. The predicted octanol–water partition coefficient (Wildman–Crippen LogP) is -0.685. The van der Waals surface area contributed by atoms with Crippen molar-refractivity contribution in [1.29, 1.82) is 0 Å². The fourth-order valence-electron chi connectivity index (χ4n) is 0. The third-order valence-corrected chi connectivity index (χ3v) is 0. The van der Waals surface area contributed by atoms with Gasteiger partial charge in [0, 0.05) is 69.9 Å². The summed E-state index contributed by atoms with van der Waals surface area (Å²) in [7, 11) is 0. The summed E-state index contributed by atoms with van der Waals surface area (Å²) in [6.45, 7) is 0. The molecule has 0 nitrogen and oxygen atoms in total. The maximum absolute atomic E-state index is 0. The van der Waals surface area contributed by atoms with Crippen molar-refractivity contribution >= 4 is 28.3 Å². The second-order valence-electron chi connectivity index (χ2n) is 0. The maximum atomic E-state index is 0. The van der Waals surface area contributed by atoms with Gasteiger partial charge in [0.25, 0.3) is 0 Å². The summed E-state index contributed by atoms with van der Waals surface area (Å²) in [5, 5.41) is 0. The molecule has 5 heavy (non-hydrogen) atoms. The van der Waals surface area contributed by atoms with Gasteiger partial charge in [0.15, 0.2) is 0 Å². The molecule has 0 aromatic heterocycles. The van der Waals surface area contributed by atoms with Gasteiger partial charge in [-0.15, -0.1) is 0 Å². The summed E-state index contributed by atoms with van der Waals surface area (Å²) in [4.78, 5) is 0. The molecule has 0 amide bonds. The van der Waals surface area contributed by atoms with E-state index in [1.165, 1.54) is 0 Å². The van der Waals surface area contributed by atoms with Gasteiger partial charge in [-0.25, -0.2) is 0 Å². The molecule has 0 N–H and O–H groups in total. The number of hydrogen-bond donors (Lipinski definition) is 0. The average Bonchev–Trinajstić information content (AvgIpc) is 0. The molecule has 0 spiro atoms. The van der Waals surface area contributed by atoms with E-state index in [2.05, 4.69) is 0 Å². The fraction of sp³-hybridized carbons (Fsp3) is 0. The number of rotatable bonds is 0. The van der Waals surface area contributed by atoms with Crippen LogP contribution in [0.3, 0.4) is 0 Å². The molecule has 0 bridgehead atoms. The van der Waals surface area contributed by atoms with Crippen LogP contribution >= 0.6 is 0 Å². The van der Waals surface area contributed by atoms with Gasteiger partial charge in [0.2, 0.25) is 0 Å². The van der Waals surface area contributed by atoms with Crippen molar-refractivity contribution < 1.29 is 34.1 Å². The van der Waals surface area contributed by atoms with Crippen LogP contribution in [-0.4, -0.2) is 28.3 Å². The third-order valence-electron chi connectivity index (χ3n) is 0. The largest absolute Gasteiger partial charge is 0 e. The predicted molar refractivity (Wildman–Crippen MR) is 14.8 cm³/mol. The second kappa shape index (κ2) is 41.5. The second-order valence-corrected chi connectivity index (χ2v) is 0. The van der Waals surface area contributed by atoms with E-state index in [0.717, 1.165) is 0 Å². The Hall–Kier alpha value is 1.79. The zero-order valence-corrected chi connectivity index (χ0v) is 6.75. The van der Waals surface area contributed by atoms with Crippen LogP contribution in [0.15, 0.2) is 0 Å². The van der Waals surface area contributed by atoms with Crippen molar-refractivity contribution in [2.45, 2.75) is 0 Å².